The van der Waals surface area contributed by atoms with E-state index >= 15 is 0 Å². The molecule has 3 heterocycles. The number of hydrogen-bond donors (Lipinski definition) is 3. The summed E-state index contributed by atoms with van der Waals surface area (Å²) in [6.45, 7) is 1.87. The Morgan fingerprint density at radius 3 is 2.74 bits per heavy atom. The summed E-state index contributed by atoms with van der Waals surface area (Å²) in [7, 11) is -3.92. The van der Waals surface area contributed by atoms with Crippen LogP contribution in [0.3, 0.4) is 0 Å². The third kappa shape index (κ3) is 4.59. The predicted octanol–water partition coefficient (Wildman–Crippen LogP) is 3.33. The maximum absolute atomic E-state index is 13.7. The molecular weight excluding hydrogens is 450 g/mol. The molecule has 1 saturated heterocycles. The number of H-pyrrole nitrogens is 1. The summed E-state index contributed by atoms with van der Waals surface area (Å²) in [6.07, 6.45) is 9.78. The second kappa shape index (κ2) is 9.46. The van der Waals surface area contributed by atoms with Gasteiger partial charge in [-0.15, -0.1) is 0 Å². The standard InChI is InChI=1S/C25H33N5O3S/c26-24-9-4-14-29(24)16-12-22(25(31)30-15-11-18-5-1-2-6-19(18)17-30)28-34(32,33)23-8-3-7-21-20(23)10-13-27-21/h3-4,7-10,13-14,18-19,22,27-28H,1-2,5-6,11-12,15-17,26H2/t18-,19-,22?/m0/s1. The van der Waals surface area contributed by atoms with Crippen LogP contribution < -0.4 is 10.5 Å². The van der Waals surface area contributed by atoms with Crippen LogP contribution in [0.5, 0.6) is 0 Å². The molecule has 0 spiro atoms. The number of aromatic amines is 1. The number of amides is 1. The van der Waals surface area contributed by atoms with Gasteiger partial charge in [-0.25, -0.2) is 8.42 Å². The van der Waals surface area contributed by atoms with E-state index in [4.69, 9.17) is 5.73 Å². The molecule has 2 aromatic heterocycles. The number of anilines is 1. The number of carbonyl (C=O) groups excluding carboxylic acids is 1. The molecule has 8 nitrogen and oxygen atoms in total. The molecule has 2 fully saturated rings. The van der Waals surface area contributed by atoms with E-state index in [1.807, 2.05) is 27.8 Å². The Morgan fingerprint density at radius 1 is 1.12 bits per heavy atom. The fourth-order valence-corrected chi connectivity index (χ4v) is 7.14. The summed E-state index contributed by atoms with van der Waals surface area (Å²) in [5.41, 5.74) is 6.75. The molecule has 182 valence electrons. The number of nitrogens with zero attached hydrogens (tertiary/aromatic N) is 2. The molecule has 1 unspecified atom stereocenters. The molecule has 0 radical (unpaired) electrons. The van der Waals surface area contributed by atoms with Crippen LogP contribution in [0.15, 0.2) is 53.7 Å². The van der Waals surface area contributed by atoms with Crippen LogP contribution in [0.2, 0.25) is 0 Å². The first-order valence-electron chi connectivity index (χ1n) is 12.2. The van der Waals surface area contributed by atoms with Gasteiger partial charge in [-0.3, -0.25) is 4.79 Å². The lowest BCUT2D eigenvalue weighted by atomic mass is 9.75. The van der Waals surface area contributed by atoms with E-state index in [9.17, 15) is 13.2 Å². The van der Waals surface area contributed by atoms with E-state index in [1.54, 1.807) is 30.5 Å². The number of sulfonamides is 1. The summed E-state index contributed by atoms with van der Waals surface area (Å²) in [5.74, 6) is 1.67. The topological polar surface area (TPSA) is 113 Å². The summed E-state index contributed by atoms with van der Waals surface area (Å²) in [6, 6.07) is 9.64. The molecular formula is C25H33N5O3S. The Bertz CT molecular complexity index is 1260. The minimum Gasteiger partial charge on any atom is -0.385 e. The van der Waals surface area contributed by atoms with E-state index < -0.39 is 16.1 Å². The van der Waals surface area contributed by atoms with E-state index in [-0.39, 0.29) is 10.8 Å². The number of benzene rings is 1. The van der Waals surface area contributed by atoms with Crippen LogP contribution in [-0.4, -0.2) is 47.9 Å². The van der Waals surface area contributed by atoms with Gasteiger partial charge < -0.3 is 20.2 Å². The summed E-state index contributed by atoms with van der Waals surface area (Å²) < 4.78 is 31.5. The average Bonchev–Trinajstić information content (AvgIpc) is 3.49. The second-order valence-corrected chi connectivity index (χ2v) is 11.3. The first kappa shape index (κ1) is 23.0. The van der Waals surface area contributed by atoms with Crippen molar-refractivity contribution in [3.05, 3.63) is 48.8 Å². The minimum atomic E-state index is -3.92. The Balaban J connectivity index is 1.39. The zero-order valence-electron chi connectivity index (χ0n) is 19.3. The van der Waals surface area contributed by atoms with Gasteiger partial charge in [0.1, 0.15) is 11.9 Å². The van der Waals surface area contributed by atoms with E-state index in [1.165, 1.54) is 19.3 Å². The highest BCUT2D eigenvalue weighted by molar-refractivity contribution is 7.89. The lowest BCUT2D eigenvalue weighted by molar-refractivity contribution is -0.136. The first-order chi connectivity index (χ1) is 16.4. The van der Waals surface area contributed by atoms with Crippen LogP contribution in [0.1, 0.15) is 38.5 Å². The highest BCUT2D eigenvalue weighted by atomic mass is 32.2. The maximum atomic E-state index is 13.7. The third-order valence-corrected chi connectivity index (χ3v) is 9.10. The predicted molar refractivity (Wildman–Crippen MR) is 133 cm³/mol. The number of fused-ring (bicyclic) bond motifs is 2. The number of hydrogen-bond acceptors (Lipinski definition) is 4. The average molecular weight is 484 g/mol. The van der Waals surface area contributed by atoms with Gasteiger partial charge in [0.2, 0.25) is 15.9 Å². The molecule has 34 heavy (non-hydrogen) atoms. The van der Waals surface area contributed by atoms with Gasteiger partial charge in [0.25, 0.3) is 0 Å². The number of nitrogen functional groups attached to an aromatic ring is 1. The molecule has 1 amide bonds. The lowest BCUT2D eigenvalue weighted by Crippen LogP contribution is -2.53. The van der Waals surface area contributed by atoms with Crippen LogP contribution in [0.25, 0.3) is 10.9 Å². The second-order valence-electron chi connectivity index (χ2n) is 9.66. The maximum Gasteiger partial charge on any atom is 0.241 e. The fraction of sp³-hybridized carbons (Fsp3) is 0.480. The van der Waals surface area contributed by atoms with Crippen LogP contribution in [0.4, 0.5) is 5.82 Å². The number of rotatable bonds is 7. The number of aromatic nitrogens is 2. The molecule has 3 atom stereocenters. The van der Waals surface area contributed by atoms with Crippen molar-refractivity contribution in [1.82, 2.24) is 19.2 Å². The zero-order valence-corrected chi connectivity index (χ0v) is 20.1. The normalized spacial score (nSPS) is 21.9. The summed E-state index contributed by atoms with van der Waals surface area (Å²) in [5, 5.41) is 0.610. The van der Waals surface area contributed by atoms with Crippen molar-refractivity contribution in [2.45, 2.75) is 56.0 Å². The van der Waals surface area contributed by atoms with Crippen molar-refractivity contribution in [1.29, 1.82) is 0 Å². The zero-order chi connectivity index (χ0) is 23.7. The molecule has 5 rings (SSSR count). The van der Waals surface area contributed by atoms with Gasteiger partial charge in [0.15, 0.2) is 0 Å². The van der Waals surface area contributed by atoms with Gasteiger partial charge in [-0.1, -0.05) is 25.3 Å². The molecule has 1 saturated carbocycles. The van der Waals surface area contributed by atoms with Crippen molar-refractivity contribution >= 4 is 32.7 Å². The molecule has 3 aromatic rings. The number of nitrogens with two attached hydrogens (primary N) is 1. The monoisotopic (exact) mass is 483 g/mol. The Morgan fingerprint density at radius 2 is 1.94 bits per heavy atom. The third-order valence-electron chi connectivity index (χ3n) is 7.57. The summed E-state index contributed by atoms with van der Waals surface area (Å²) in [4.78, 5) is 18.8. The first-order valence-corrected chi connectivity index (χ1v) is 13.7. The Kier molecular flexibility index (Phi) is 6.40. The smallest absolute Gasteiger partial charge is 0.241 e. The molecule has 9 heteroatoms. The summed E-state index contributed by atoms with van der Waals surface area (Å²) >= 11 is 0. The number of aryl methyl sites for hydroxylation is 1. The largest absolute Gasteiger partial charge is 0.385 e. The van der Waals surface area contributed by atoms with Gasteiger partial charge >= 0.3 is 0 Å². The molecule has 1 aromatic carbocycles. The van der Waals surface area contributed by atoms with Crippen molar-refractivity contribution in [2.75, 3.05) is 18.8 Å². The van der Waals surface area contributed by atoms with E-state index in [2.05, 4.69) is 9.71 Å². The van der Waals surface area contributed by atoms with Crippen LogP contribution >= 0.6 is 0 Å². The number of likely N-dealkylation sites (tertiary alicyclic amines) is 1. The lowest BCUT2D eigenvalue weighted by Gasteiger charge is -2.42. The molecule has 4 N–H and O–H groups in total. The molecule has 2 aliphatic rings. The van der Waals surface area contributed by atoms with Crippen molar-refractivity contribution in [2.24, 2.45) is 11.8 Å². The fourth-order valence-electron chi connectivity index (χ4n) is 5.70. The Labute approximate surface area is 200 Å². The van der Waals surface area contributed by atoms with Crippen LogP contribution in [0, 0.1) is 11.8 Å². The van der Waals surface area contributed by atoms with Gasteiger partial charge in [0.05, 0.1) is 4.90 Å². The van der Waals surface area contributed by atoms with Crippen molar-refractivity contribution in [3.8, 4) is 0 Å². The highest BCUT2D eigenvalue weighted by Crippen LogP contribution is 2.36. The molecule has 1 aliphatic carbocycles. The number of piperidine rings is 1. The van der Waals surface area contributed by atoms with Gasteiger partial charge in [-0.05, 0) is 61.4 Å². The molecule has 0 bridgehead atoms. The molecule has 1 aliphatic heterocycles. The highest BCUT2D eigenvalue weighted by Gasteiger charge is 2.36. The number of carbonyl (C=O) groups is 1. The van der Waals surface area contributed by atoms with E-state index in [0.29, 0.717) is 42.6 Å². The van der Waals surface area contributed by atoms with Gasteiger partial charge in [-0.2, -0.15) is 4.72 Å². The Hall–Kier alpha value is -2.78. The quantitative estimate of drug-likeness (QED) is 0.478. The van der Waals surface area contributed by atoms with Gasteiger partial charge in [0, 0.05) is 42.9 Å². The van der Waals surface area contributed by atoms with Crippen molar-refractivity contribution < 1.29 is 13.2 Å². The van der Waals surface area contributed by atoms with Crippen LogP contribution in [-0.2, 0) is 21.4 Å². The minimum absolute atomic E-state index is 0.139. The van der Waals surface area contributed by atoms with Crippen molar-refractivity contribution in [3.63, 3.8) is 0 Å². The SMILES string of the molecule is Nc1cccn1CCC(NS(=O)(=O)c1cccc2[nH]ccc12)C(=O)N1CC[C@@H]2CCCC[C@H]2C1. The van der Waals surface area contributed by atoms with E-state index in [0.717, 1.165) is 24.9 Å². The number of nitrogens with one attached hydrogen (secondary N) is 2.